The molecule has 3 heterocycles. The van der Waals surface area contributed by atoms with E-state index in [0.717, 1.165) is 17.0 Å². The van der Waals surface area contributed by atoms with Crippen LogP contribution in [-0.4, -0.2) is 75.0 Å². The number of sulfonamides is 1. The Hall–Kier alpha value is -3.62. The SMILES string of the molecule is CCOC(=O)NC(=O)c1c(NC(=O)c2ccc(S(=O)(=O)N3CCOCC3)cc2)sc2c1CCN(Cc1ccccc1)C2. The van der Waals surface area contributed by atoms with Crippen molar-refractivity contribution < 1.29 is 32.3 Å². The van der Waals surface area contributed by atoms with Crippen molar-refractivity contribution >= 4 is 44.3 Å². The Morgan fingerprint density at radius 3 is 2.38 bits per heavy atom. The normalized spacial score (nSPS) is 15.9. The number of hydrogen-bond donors (Lipinski definition) is 2. The molecular formula is C29H32N4O7S2. The lowest BCUT2D eigenvalue weighted by Gasteiger charge is -2.27. The Kier molecular flexibility index (Phi) is 9.34. The van der Waals surface area contributed by atoms with Crippen molar-refractivity contribution in [1.82, 2.24) is 14.5 Å². The molecule has 1 fully saturated rings. The van der Waals surface area contributed by atoms with Crippen LogP contribution in [-0.2, 0) is 39.0 Å². The maximum absolute atomic E-state index is 13.3. The molecule has 2 N–H and O–H groups in total. The smallest absolute Gasteiger partial charge is 0.414 e. The number of benzene rings is 2. The number of nitrogens with one attached hydrogen (secondary N) is 2. The predicted molar refractivity (Wildman–Crippen MR) is 157 cm³/mol. The van der Waals surface area contributed by atoms with Crippen molar-refractivity contribution in [2.75, 3.05) is 44.8 Å². The number of amides is 3. The molecule has 2 aliphatic heterocycles. The van der Waals surface area contributed by atoms with Crippen LogP contribution in [0.3, 0.4) is 0 Å². The predicted octanol–water partition coefficient (Wildman–Crippen LogP) is 3.47. The Labute approximate surface area is 248 Å². The zero-order valence-electron chi connectivity index (χ0n) is 23.1. The van der Waals surface area contributed by atoms with E-state index in [1.54, 1.807) is 6.92 Å². The highest BCUT2D eigenvalue weighted by atomic mass is 32.2. The summed E-state index contributed by atoms with van der Waals surface area (Å²) in [5.74, 6) is -1.15. The molecule has 0 radical (unpaired) electrons. The van der Waals surface area contributed by atoms with Crippen molar-refractivity contribution in [1.29, 1.82) is 0 Å². The molecule has 0 unspecified atom stereocenters. The second kappa shape index (κ2) is 13.1. The molecule has 0 bridgehead atoms. The maximum atomic E-state index is 13.3. The van der Waals surface area contributed by atoms with E-state index in [0.29, 0.717) is 37.7 Å². The summed E-state index contributed by atoms with van der Waals surface area (Å²) in [5, 5.41) is 5.40. The molecule has 222 valence electrons. The number of carbonyl (C=O) groups is 3. The number of morpholine rings is 1. The highest BCUT2D eigenvalue weighted by molar-refractivity contribution is 7.89. The van der Waals surface area contributed by atoms with E-state index in [4.69, 9.17) is 9.47 Å². The first-order valence-corrected chi connectivity index (χ1v) is 15.9. The Bertz CT molecular complexity index is 1550. The van der Waals surface area contributed by atoms with Gasteiger partial charge in [0.2, 0.25) is 10.0 Å². The van der Waals surface area contributed by atoms with Gasteiger partial charge >= 0.3 is 6.09 Å². The molecule has 0 atom stereocenters. The van der Waals surface area contributed by atoms with Gasteiger partial charge in [0.1, 0.15) is 5.00 Å². The zero-order chi connectivity index (χ0) is 29.7. The van der Waals surface area contributed by atoms with E-state index in [1.165, 1.54) is 45.5 Å². The molecular weight excluding hydrogens is 580 g/mol. The van der Waals surface area contributed by atoms with Gasteiger partial charge in [-0.25, -0.2) is 13.2 Å². The summed E-state index contributed by atoms with van der Waals surface area (Å²) < 4.78 is 37.4. The third-order valence-corrected chi connectivity index (χ3v) is 10.1. The van der Waals surface area contributed by atoms with Crippen LogP contribution in [0.5, 0.6) is 0 Å². The van der Waals surface area contributed by atoms with Gasteiger partial charge in [0, 0.05) is 43.2 Å². The molecule has 1 saturated heterocycles. The molecule has 13 heteroatoms. The number of ether oxygens (including phenoxy) is 2. The van der Waals surface area contributed by atoms with Crippen LogP contribution in [0.2, 0.25) is 0 Å². The maximum Gasteiger partial charge on any atom is 0.414 e. The van der Waals surface area contributed by atoms with E-state index >= 15 is 0 Å². The molecule has 3 aromatic rings. The molecule has 0 spiro atoms. The summed E-state index contributed by atoms with van der Waals surface area (Å²) in [6.45, 7) is 4.98. The number of carbonyl (C=O) groups excluding carboxylic acids is 3. The monoisotopic (exact) mass is 612 g/mol. The van der Waals surface area contributed by atoms with E-state index in [9.17, 15) is 22.8 Å². The Balaban J connectivity index is 1.37. The lowest BCUT2D eigenvalue weighted by molar-refractivity contribution is 0.0730. The Morgan fingerprint density at radius 2 is 1.69 bits per heavy atom. The highest BCUT2D eigenvalue weighted by Gasteiger charge is 2.30. The number of alkyl carbamates (subject to hydrolysis) is 1. The van der Waals surface area contributed by atoms with Gasteiger partial charge in [0.25, 0.3) is 11.8 Å². The van der Waals surface area contributed by atoms with E-state index in [-0.39, 0.29) is 35.7 Å². The van der Waals surface area contributed by atoms with Crippen molar-refractivity contribution in [3.8, 4) is 0 Å². The molecule has 2 aromatic carbocycles. The third-order valence-electron chi connectivity index (χ3n) is 7.05. The second-order valence-corrected chi connectivity index (χ2v) is 12.9. The number of fused-ring (bicyclic) bond motifs is 1. The minimum Gasteiger partial charge on any atom is -0.450 e. The van der Waals surface area contributed by atoms with Crippen LogP contribution < -0.4 is 10.6 Å². The van der Waals surface area contributed by atoms with Crippen molar-refractivity contribution in [2.45, 2.75) is 31.3 Å². The first-order valence-electron chi connectivity index (χ1n) is 13.6. The number of nitrogens with zero attached hydrogens (tertiary/aromatic N) is 2. The lowest BCUT2D eigenvalue weighted by Crippen LogP contribution is -2.40. The number of hydrogen-bond acceptors (Lipinski definition) is 9. The summed E-state index contributed by atoms with van der Waals surface area (Å²) in [6, 6.07) is 15.8. The van der Waals surface area contributed by atoms with Gasteiger partial charge in [-0.3, -0.25) is 19.8 Å². The number of anilines is 1. The fourth-order valence-corrected chi connectivity index (χ4v) is 7.66. The fraction of sp³-hybridized carbons (Fsp3) is 0.345. The standard InChI is InChI=1S/C29H32N4O7S2/c1-2-40-29(36)31-27(35)25-23-12-13-32(18-20-6-4-3-5-7-20)19-24(23)41-28(25)30-26(34)21-8-10-22(11-9-21)42(37,38)33-14-16-39-17-15-33/h3-11H,2,12-19H2,1H3,(H,30,34)(H,31,35,36). The van der Waals surface area contributed by atoms with Gasteiger partial charge in [-0.05, 0) is 48.7 Å². The van der Waals surface area contributed by atoms with Gasteiger partial charge in [-0.2, -0.15) is 4.31 Å². The van der Waals surface area contributed by atoms with Crippen LogP contribution in [0.4, 0.5) is 9.80 Å². The fourth-order valence-electron chi connectivity index (χ4n) is 4.97. The molecule has 2 aliphatic rings. The third kappa shape index (κ3) is 6.71. The topological polar surface area (TPSA) is 134 Å². The minimum absolute atomic E-state index is 0.0838. The van der Waals surface area contributed by atoms with Crippen molar-refractivity contribution in [3.05, 3.63) is 81.7 Å². The van der Waals surface area contributed by atoms with Crippen LogP contribution >= 0.6 is 11.3 Å². The van der Waals surface area contributed by atoms with Gasteiger partial charge in [0.15, 0.2) is 0 Å². The summed E-state index contributed by atoms with van der Waals surface area (Å²) in [4.78, 5) is 41.8. The summed E-state index contributed by atoms with van der Waals surface area (Å²) in [6.07, 6.45) is -0.299. The largest absolute Gasteiger partial charge is 0.450 e. The van der Waals surface area contributed by atoms with Gasteiger partial charge in [-0.15, -0.1) is 11.3 Å². The van der Waals surface area contributed by atoms with Crippen molar-refractivity contribution in [3.63, 3.8) is 0 Å². The number of imide groups is 1. The zero-order valence-corrected chi connectivity index (χ0v) is 24.8. The lowest BCUT2D eigenvalue weighted by atomic mass is 10.0. The van der Waals surface area contributed by atoms with Gasteiger partial charge in [-0.1, -0.05) is 30.3 Å². The van der Waals surface area contributed by atoms with E-state index in [1.807, 2.05) is 18.2 Å². The van der Waals surface area contributed by atoms with E-state index < -0.39 is 27.9 Å². The molecule has 11 nitrogen and oxygen atoms in total. The Morgan fingerprint density at radius 1 is 0.976 bits per heavy atom. The highest BCUT2D eigenvalue weighted by Crippen LogP contribution is 2.38. The van der Waals surface area contributed by atoms with Crippen molar-refractivity contribution in [2.24, 2.45) is 0 Å². The average molecular weight is 613 g/mol. The average Bonchev–Trinajstić information content (AvgIpc) is 3.35. The number of thiophene rings is 1. The van der Waals surface area contributed by atoms with Crippen LogP contribution in [0.15, 0.2) is 59.5 Å². The van der Waals surface area contributed by atoms with Crippen LogP contribution in [0.25, 0.3) is 0 Å². The second-order valence-electron chi connectivity index (χ2n) is 9.82. The summed E-state index contributed by atoms with van der Waals surface area (Å²) >= 11 is 1.29. The summed E-state index contributed by atoms with van der Waals surface area (Å²) in [7, 11) is -3.71. The minimum atomic E-state index is -3.71. The first kappa shape index (κ1) is 29.9. The first-order chi connectivity index (χ1) is 20.3. The molecule has 3 amide bonds. The van der Waals surface area contributed by atoms with Crippen LogP contribution in [0, 0.1) is 0 Å². The quantitative estimate of drug-likeness (QED) is 0.395. The molecule has 42 heavy (non-hydrogen) atoms. The van der Waals surface area contributed by atoms with E-state index in [2.05, 4.69) is 27.7 Å². The number of rotatable bonds is 8. The molecule has 1 aromatic heterocycles. The van der Waals surface area contributed by atoms with Gasteiger partial charge < -0.3 is 14.8 Å². The van der Waals surface area contributed by atoms with Crippen LogP contribution in [0.1, 0.15) is 43.6 Å². The molecule has 5 rings (SSSR count). The molecule has 0 aliphatic carbocycles. The summed E-state index contributed by atoms with van der Waals surface area (Å²) in [5.41, 5.74) is 2.42. The van der Waals surface area contributed by atoms with Gasteiger partial charge in [0.05, 0.1) is 30.3 Å². The molecule has 0 saturated carbocycles.